The number of hydrogen-bond acceptors (Lipinski definition) is 12. The van der Waals surface area contributed by atoms with Crippen molar-refractivity contribution in [1.29, 1.82) is 0 Å². The molecule has 52 heavy (non-hydrogen) atoms. The second-order valence-electron chi connectivity index (χ2n) is 12.6. The zero-order valence-corrected chi connectivity index (χ0v) is 27.3. The van der Waals surface area contributed by atoms with Gasteiger partial charge in [-0.2, -0.15) is 8.42 Å². The summed E-state index contributed by atoms with van der Waals surface area (Å²) >= 11 is 0.725. The zero-order valence-electron chi connectivity index (χ0n) is 25.7. The molecule has 4 heterocycles. The van der Waals surface area contributed by atoms with E-state index in [1.165, 1.54) is 33.1 Å². The third-order valence-corrected chi connectivity index (χ3v) is 11.5. The summed E-state index contributed by atoms with van der Waals surface area (Å²) in [6.45, 7) is 0. The summed E-state index contributed by atoms with van der Waals surface area (Å²) in [7, 11) is -4.59. The predicted molar refractivity (Wildman–Crippen MR) is 194 cm³/mol. The van der Waals surface area contributed by atoms with E-state index in [-0.39, 0.29) is 38.2 Å². The number of nitrogens with zero attached hydrogens (tertiary/aromatic N) is 4. The molecule has 4 aromatic heterocycles. The van der Waals surface area contributed by atoms with Crippen molar-refractivity contribution in [2.45, 2.75) is 9.79 Å². The Balaban J connectivity index is 1.32. The molecule has 0 saturated carbocycles. The van der Waals surface area contributed by atoms with Crippen LogP contribution in [0.25, 0.3) is 98.0 Å². The summed E-state index contributed by atoms with van der Waals surface area (Å²) in [4.78, 5) is 66.4. The number of pyridine rings is 2. The molecule has 7 aromatic carbocycles. The van der Waals surface area contributed by atoms with E-state index in [4.69, 9.17) is 10.2 Å². The lowest BCUT2D eigenvalue weighted by Gasteiger charge is -2.17. The largest absolute Gasteiger partial charge is 0.294 e. The summed E-state index contributed by atoms with van der Waals surface area (Å²) in [5.41, 5.74) is -0.307. The Morgan fingerprint density at radius 2 is 1.12 bits per heavy atom. The van der Waals surface area contributed by atoms with Gasteiger partial charge in [0.25, 0.3) is 21.2 Å². The topological polar surface area (TPSA) is 196 Å². The first kappa shape index (κ1) is 29.6. The monoisotopic (exact) mass is 726 g/mol. The molecule has 11 aromatic rings. The maximum absolute atomic E-state index is 14.3. The molecule has 0 atom stereocenters. The molecule has 2 N–H and O–H groups in total. The summed E-state index contributed by atoms with van der Waals surface area (Å²) in [6, 6.07) is 18.2. The third-order valence-electron chi connectivity index (χ3n) is 10.1. The Bertz CT molecular complexity index is 3810. The van der Waals surface area contributed by atoms with Crippen molar-refractivity contribution < 1.29 is 27.6 Å². The van der Waals surface area contributed by atoms with E-state index in [0.29, 0.717) is 64.7 Å². The second-order valence-corrected chi connectivity index (χ2v) is 14.8. The van der Waals surface area contributed by atoms with Gasteiger partial charge >= 0.3 is 0 Å². The molecule has 16 heteroatoms. The van der Waals surface area contributed by atoms with Crippen LogP contribution in [0.2, 0.25) is 0 Å². The molecule has 0 aliphatic carbocycles. The molecular weight excluding hydrogens is 713 g/mol. The molecular formula is C36H14N4O10S2. The fraction of sp³-hybridized carbons (Fsp3) is 0. The van der Waals surface area contributed by atoms with Crippen molar-refractivity contribution in [3.63, 3.8) is 0 Å². The van der Waals surface area contributed by atoms with Gasteiger partial charge in [0.1, 0.15) is 11.3 Å². The molecule has 0 aliphatic rings. The average Bonchev–Trinajstić information content (AvgIpc) is 3.71. The number of hydrogen-bond donors (Lipinski definition) is 2. The molecule has 0 saturated heterocycles. The Labute approximate surface area is 289 Å². The zero-order chi connectivity index (χ0) is 35.5. The molecule has 0 amide bonds. The molecule has 0 aliphatic heterocycles. The highest BCUT2D eigenvalue weighted by molar-refractivity contribution is 7.94. The minimum absolute atomic E-state index is 0.0992. The van der Waals surface area contributed by atoms with Crippen LogP contribution in [0.5, 0.6) is 0 Å². The van der Waals surface area contributed by atoms with Crippen molar-refractivity contribution in [3.8, 4) is 0 Å². The van der Waals surface area contributed by atoms with Crippen molar-refractivity contribution in [2.24, 2.45) is 0 Å². The third kappa shape index (κ3) is 3.49. The summed E-state index contributed by atoms with van der Waals surface area (Å²) in [5.74, 6) is 0. The van der Waals surface area contributed by atoms with Crippen molar-refractivity contribution in [1.82, 2.24) is 18.8 Å². The van der Waals surface area contributed by atoms with Crippen LogP contribution in [0.1, 0.15) is 0 Å². The summed E-state index contributed by atoms with van der Waals surface area (Å²) in [5, 5.41) is 16.6. The van der Waals surface area contributed by atoms with Gasteiger partial charge in [-0.3, -0.25) is 32.5 Å². The Morgan fingerprint density at radius 1 is 0.577 bits per heavy atom. The predicted octanol–water partition coefficient (Wildman–Crippen LogP) is 5.07. The number of rotatable bonds is 4. The first-order valence-electron chi connectivity index (χ1n) is 15.4. The van der Waals surface area contributed by atoms with E-state index in [1.54, 1.807) is 30.3 Å². The van der Waals surface area contributed by atoms with Crippen LogP contribution in [0.4, 0.5) is 0 Å². The van der Waals surface area contributed by atoms with Gasteiger partial charge in [0.05, 0.1) is 44.4 Å². The number of fused-ring (bicyclic) bond motifs is 10. The minimum Gasteiger partial charge on any atom is -0.289 e. The summed E-state index contributed by atoms with van der Waals surface area (Å²) < 4.78 is 40.7. The fourth-order valence-corrected chi connectivity index (χ4v) is 9.02. The van der Waals surface area contributed by atoms with Gasteiger partial charge in [-0.15, -0.1) is 4.33 Å². The fourth-order valence-electron chi connectivity index (χ4n) is 8.13. The standard InChI is InChI=1S/C36H14N4O10S2/c41-25-11-19-28-18(35(43)40-24-10-14(52(46,47)48)2-8-22(24)38-34(19)40)6-4-16-15-3-5-17-27-20(12-26(42)32(29(15)27)31(25)30(16)28)36(44)39-23-9-13(51-50-49-45)1-7-21(23)37-33(17)39/h1-12,45H,(H,46,47,48). The number of benzene rings is 7. The van der Waals surface area contributed by atoms with E-state index in [1.807, 2.05) is 12.1 Å². The van der Waals surface area contributed by atoms with Crippen LogP contribution in [-0.4, -0.2) is 37.0 Å². The van der Waals surface area contributed by atoms with Crippen LogP contribution in [0.3, 0.4) is 0 Å². The van der Waals surface area contributed by atoms with Gasteiger partial charge in [-0.25, -0.2) is 15.2 Å². The molecule has 0 fully saturated rings. The van der Waals surface area contributed by atoms with Crippen LogP contribution >= 0.6 is 12.0 Å². The SMILES string of the molecule is O=c1cc2c(=O)n3c4cc(SOOO)ccc4nc3c3ccc4c5ccc6c(=O)n7c8cc(S(=O)(=O)O)ccc8nc7c7cc(=O)c(c1c4c23)c5c67. The molecule has 0 bridgehead atoms. The van der Waals surface area contributed by atoms with Crippen LogP contribution in [0, 0.1) is 0 Å². The van der Waals surface area contributed by atoms with Gasteiger partial charge < -0.3 is 0 Å². The maximum atomic E-state index is 14.3. The molecule has 14 nitrogen and oxygen atoms in total. The van der Waals surface area contributed by atoms with Gasteiger partial charge in [-0.05, 0) is 71.4 Å². The van der Waals surface area contributed by atoms with E-state index in [9.17, 15) is 32.1 Å². The normalized spacial score (nSPS) is 13.1. The molecule has 0 radical (unpaired) electrons. The van der Waals surface area contributed by atoms with Crippen LogP contribution in [-0.2, 0) is 19.5 Å². The highest BCUT2D eigenvalue weighted by Crippen LogP contribution is 2.43. The van der Waals surface area contributed by atoms with Crippen molar-refractivity contribution >= 4 is 120 Å². The smallest absolute Gasteiger partial charge is 0.289 e. The lowest BCUT2D eigenvalue weighted by molar-refractivity contribution is -0.432. The van der Waals surface area contributed by atoms with E-state index >= 15 is 0 Å². The van der Waals surface area contributed by atoms with Gasteiger partial charge in [0.2, 0.25) is 0 Å². The number of aromatic nitrogens is 4. The molecule has 0 unspecified atom stereocenters. The average molecular weight is 727 g/mol. The van der Waals surface area contributed by atoms with Crippen LogP contribution in [0.15, 0.2) is 102 Å². The maximum Gasteiger partial charge on any atom is 0.294 e. The van der Waals surface area contributed by atoms with Gasteiger partial charge in [0.15, 0.2) is 10.9 Å². The minimum atomic E-state index is -4.59. The lowest BCUT2D eigenvalue weighted by atomic mass is 9.86. The van der Waals surface area contributed by atoms with Crippen molar-refractivity contribution in [3.05, 3.63) is 114 Å². The van der Waals surface area contributed by atoms with Gasteiger partial charge in [-0.1, -0.05) is 17.2 Å². The van der Waals surface area contributed by atoms with Gasteiger partial charge in [0, 0.05) is 53.4 Å². The highest BCUT2D eigenvalue weighted by atomic mass is 32.2. The lowest BCUT2D eigenvalue weighted by Crippen LogP contribution is -2.18. The Morgan fingerprint density at radius 3 is 1.77 bits per heavy atom. The van der Waals surface area contributed by atoms with Crippen LogP contribution < -0.4 is 22.0 Å². The molecule has 250 valence electrons. The van der Waals surface area contributed by atoms with E-state index < -0.39 is 37.0 Å². The molecule has 0 spiro atoms. The van der Waals surface area contributed by atoms with E-state index in [0.717, 1.165) is 18.1 Å². The highest BCUT2D eigenvalue weighted by Gasteiger charge is 2.27. The summed E-state index contributed by atoms with van der Waals surface area (Å²) in [6.07, 6.45) is 0. The molecule has 11 rings (SSSR count). The quantitative estimate of drug-likeness (QED) is 0.0610. The Hall–Kier alpha value is -6.14. The van der Waals surface area contributed by atoms with Crippen molar-refractivity contribution in [2.75, 3.05) is 0 Å². The second kappa shape index (κ2) is 9.59. The Kier molecular flexibility index (Phi) is 5.45. The van der Waals surface area contributed by atoms with E-state index in [2.05, 4.69) is 14.4 Å². The first-order valence-corrected chi connectivity index (χ1v) is 17.6. The number of imidazole rings is 2. The first-order chi connectivity index (χ1) is 25.0.